The number of benzene rings is 1. The van der Waals surface area contributed by atoms with Gasteiger partial charge < -0.3 is 16.2 Å². The van der Waals surface area contributed by atoms with Crippen molar-refractivity contribution in [3.05, 3.63) is 17.7 Å². The van der Waals surface area contributed by atoms with Gasteiger partial charge in [0.25, 0.3) is 0 Å². The van der Waals surface area contributed by atoms with Gasteiger partial charge in [-0.15, -0.1) is 0 Å². The second-order valence-corrected chi connectivity index (χ2v) is 7.26. The summed E-state index contributed by atoms with van der Waals surface area (Å²) in [6, 6.07) is 3.06. The van der Waals surface area contributed by atoms with E-state index in [1.165, 1.54) is 6.07 Å². The molecular formula is C14H23N3O3S. The Bertz CT molecular complexity index is 616. The van der Waals surface area contributed by atoms with Crippen LogP contribution >= 0.6 is 0 Å². The predicted octanol–water partition coefficient (Wildman–Crippen LogP) is 1.19. The minimum atomic E-state index is -3.80. The van der Waals surface area contributed by atoms with Gasteiger partial charge in [0.1, 0.15) is 0 Å². The Balaban J connectivity index is 2.18. The number of primary sulfonamides is 1. The lowest BCUT2D eigenvalue weighted by Crippen LogP contribution is -2.30. The number of nitrogen functional groups attached to an aromatic ring is 1. The smallest absolute Gasteiger partial charge is 0.238 e. The van der Waals surface area contributed by atoms with Crippen LogP contribution in [0.2, 0.25) is 0 Å². The van der Waals surface area contributed by atoms with Crippen LogP contribution in [0.1, 0.15) is 31.2 Å². The molecule has 0 aromatic heterocycles. The third-order valence-corrected chi connectivity index (χ3v) is 5.15. The summed E-state index contributed by atoms with van der Waals surface area (Å²) in [5.41, 5.74) is 7.30. The fourth-order valence-corrected chi connectivity index (χ4v) is 3.69. The Kier molecular flexibility index (Phi) is 4.75. The summed E-state index contributed by atoms with van der Waals surface area (Å²) in [6.07, 6.45) is 3.67. The normalized spacial score (nSPS) is 23.0. The molecule has 1 aliphatic carbocycles. The van der Waals surface area contributed by atoms with Gasteiger partial charge in [0.15, 0.2) is 0 Å². The maximum absolute atomic E-state index is 11.6. The van der Waals surface area contributed by atoms with E-state index in [-0.39, 0.29) is 16.9 Å². The molecule has 1 aliphatic rings. The van der Waals surface area contributed by atoms with Crippen molar-refractivity contribution in [1.29, 1.82) is 0 Å². The van der Waals surface area contributed by atoms with Crippen molar-refractivity contribution in [2.24, 2.45) is 11.1 Å². The molecule has 0 radical (unpaired) electrons. The van der Waals surface area contributed by atoms with Gasteiger partial charge in [-0.1, -0.05) is 12.8 Å². The van der Waals surface area contributed by atoms with E-state index < -0.39 is 10.0 Å². The Hall–Kier alpha value is -1.31. The fraction of sp³-hybridized carbons (Fsp3) is 0.571. The van der Waals surface area contributed by atoms with Gasteiger partial charge >= 0.3 is 0 Å². The molecule has 6 nitrogen and oxygen atoms in total. The highest BCUT2D eigenvalue weighted by Crippen LogP contribution is 2.28. The first-order chi connectivity index (χ1) is 9.79. The van der Waals surface area contributed by atoms with Crippen molar-refractivity contribution >= 4 is 21.4 Å². The van der Waals surface area contributed by atoms with Gasteiger partial charge in [0, 0.05) is 23.8 Å². The van der Waals surface area contributed by atoms with Gasteiger partial charge in [0.2, 0.25) is 10.0 Å². The molecule has 1 aromatic carbocycles. The molecule has 7 heteroatoms. The Labute approximate surface area is 125 Å². The number of hydrogen-bond acceptors (Lipinski definition) is 5. The zero-order chi connectivity index (χ0) is 15.6. The second kappa shape index (κ2) is 6.21. The lowest BCUT2D eigenvalue weighted by molar-refractivity contribution is 0.0763. The zero-order valence-corrected chi connectivity index (χ0v) is 13.0. The number of sulfonamides is 1. The highest BCUT2D eigenvalue weighted by molar-refractivity contribution is 7.89. The average Bonchev–Trinajstić information content (AvgIpc) is 2.39. The van der Waals surface area contributed by atoms with E-state index in [1.807, 2.05) is 0 Å². The number of hydrogen-bond donors (Lipinski definition) is 4. The third-order valence-electron chi connectivity index (χ3n) is 4.11. The first-order valence-corrected chi connectivity index (χ1v) is 8.68. The fourth-order valence-electron chi connectivity index (χ4n) is 2.86. The summed E-state index contributed by atoms with van der Waals surface area (Å²) in [5, 5.41) is 18.4. The molecule has 0 spiro atoms. The van der Waals surface area contributed by atoms with Crippen molar-refractivity contribution < 1.29 is 13.5 Å². The summed E-state index contributed by atoms with van der Waals surface area (Å²) in [5.74, 6) is 0.178. The van der Waals surface area contributed by atoms with Gasteiger partial charge in [0.05, 0.1) is 11.0 Å². The van der Waals surface area contributed by atoms with E-state index in [9.17, 15) is 13.5 Å². The average molecular weight is 313 g/mol. The molecule has 1 aromatic rings. The predicted molar refractivity (Wildman–Crippen MR) is 83.4 cm³/mol. The highest BCUT2D eigenvalue weighted by Gasteiger charge is 2.23. The molecule has 1 fully saturated rings. The molecule has 2 unspecified atom stereocenters. The van der Waals surface area contributed by atoms with E-state index in [0.717, 1.165) is 25.7 Å². The number of aliphatic hydroxyl groups is 1. The van der Waals surface area contributed by atoms with Crippen molar-refractivity contribution in [3.63, 3.8) is 0 Å². The lowest BCUT2D eigenvalue weighted by Gasteiger charge is -2.28. The molecule has 1 saturated carbocycles. The Morgan fingerprint density at radius 1 is 1.33 bits per heavy atom. The topological polar surface area (TPSA) is 118 Å². The van der Waals surface area contributed by atoms with Gasteiger partial charge in [-0.3, -0.25) is 0 Å². The SMILES string of the molecule is Cc1c(NCC2CCCCC2O)cc(N)cc1S(N)(=O)=O. The van der Waals surface area contributed by atoms with Crippen LogP contribution in [0.5, 0.6) is 0 Å². The summed E-state index contributed by atoms with van der Waals surface area (Å²) >= 11 is 0. The summed E-state index contributed by atoms with van der Waals surface area (Å²) in [7, 11) is -3.80. The molecule has 2 rings (SSSR count). The third kappa shape index (κ3) is 3.87. The molecule has 6 N–H and O–H groups in total. The molecule has 0 amide bonds. The number of anilines is 2. The van der Waals surface area contributed by atoms with Crippen LogP contribution in [-0.2, 0) is 10.0 Å². The van der Waals surface area contributed by atoms with E-state index in [1.54, 1.807) is 13.0 Å². The summed E-state index contributed by atoms with van der Waals surface area (Å²) in [4.78, 5) is 0.0363. The molecule has 0 saturated heterocycles. The van der Waals surface area contributed by atoms with E-state index in [2.05, 4.69) is 5.32 Å². The standard InChI is InChI=1S/C14H23N3O3S/c1-9-12(6-11(15)7-14(9)21(16,19)20)17-8-10-4-2-3-5-13(10)18/h6-7,10,13,17-18H,2-5,8,15H2,1H3,(H2,16,19,20). The number of nitrogens with one attached hydrogen (secondary N) is 1. The van der Waals surface area contributed by atoms with Gasteiger partial charge in [-0.25, -0.2) is 13.6 Å². The lowest BCUT2D eigenvalue weighted by atomic mass is 9.86. The summed E-state index contributed by atoms with van der Waals surface area (Å²) in [6.45, 7) is 2.29. The van der Waals surface area contributed by atoms with E-state index in [0.29, 0.717) is 23.5 Å². The van der Waals surface area contributed by atoms with Gasteiger partial charge in [-0.2, -0.15) is 0 Å². The molecule has 0 heterocycles. The van der Waals surface area contributed by atoms with Crippen LogP contribution in [0.3, 0.4) is 0 Å². The quantitative estimate of drug-likeness (QED) is 0.623. The summed E-state index contributed by atoms with van der Waals surface area (Å²) < 4.78 is 23.1. The first kappa shape index (κ1) is 16.1. The van der Waals surface area contributed by atoms with Crippen LogP contribution < -0.4 is 16.2 Å². The number of aliphatic hydroxyl groups excluding tert-OH is 1. The maximum Gasteiger partial charge on any atom is 0.238 e. The molecule has 2 atom stereocenters. The Morgan fingerprint density at radius 3 is 2.62 bits per heavy atom. The molecule has 0 bridgehead atoms. The van der Waals surface area contributed by atoms with Crippen molar-refractivity contribution in [2.45, 2.75) is 43.6 Å². The number of rotatable bonds is 4. The highest BCUT2D eigenvalue weighted by atomic mass is 32.2. The Morgan fingerprint density at radius 2 is 2.00 bits per heavy atom. The van der Waals surface area contributed by atoms with Crippen LogP contribution in [-0.4, -0.2) is 26.2 Å². The molecule has 21 heavy (non-hydrogen) atoms. The maximum atomic E-state index is 11.6. The zero-order valence-electron chi connectivity index (χ0n) is 12.2. The monoisotopic (exact) mass is 313 g/mol. The molecular weight excluding hydrogens is 290 g/mol. The first-order valence-electron chi connectivity index (χ1n) is 7.14. The van der Waals surface area contributed by atoms with Crippen LogP contribution in [0, 0.1) is 12.8 Å². The van der Waals surface area contributed by atoms with E-state index >= 15 is 0 Å². The van der Waals surface area contributed by atoms with Crippen molar-refractivity contribution in [2.75, 3.05) is 17.6 Å². The minimum absolute atomic E-state index is 0.0363. The molecule has 0 aliphatic heterocycles. The van der Waals surface area contributed by atoms with Crippen LogP contribution in [0.4, 0.5) is 11.4 Å². The minimum Gasteiger partial charge on any atom is -0.399 e. The van der Waals surface area contributed by atoms with Gasteiger partial charge in [-0.05, 0) is 37.5 Å². The van der Waals surface area contributed by atoms with Crippen LogP contribution in [0.15, 0.2) is 17.0 Å². The van der Waals surface area contributed by atoms with Crippen molar-refractivity contribution in [1.82, 2.24) is 0 Å². The molecule has 118 valence electrons. The van der Waals surface area contributed by atoms with Crippen LogP contribution in [0.25, 0.3) is 0 Å². The number of nitrogens with two attached hydrogens (primary N) is 2. The largest absolute Gasteiger partial charge is 0.399 e. The second-order valence-electron chi connectivity index (χ2n) is 5.73. The van der Waals surface area contributed by atoms with Crippen molar-refractivity contribution in [3.8, 4) is 0 Å². The van der Waals surface area contributed by atoms with E-state index in [4.69, 9.17) is 10.9 Å².